The number of carbonyl (C=O) groups is 1. The number of aromatic carboxylic acids is 1. The number of ether oxygens (including phenoxy) is 1. The normalized spacial score (nSPS) is 22.9. The molecule has 2 rings (SSSR count). The maximum absolute atomic E-state index is 12.2. The van der Waals surface area contributed by atoms with Gasteiger partial charge in [0.05, 0.1) is 27.6 Å². The Labute approximate surface area is 121 Å². The fraction of sp³-hybridized carbons (Fsp3) is 0.417. The molecule has 20 heavy (non-hydrogen) atoms. The van der Waals surface area contributed by atoms with Crippen molar-refractivity contribution in [2.75, 3.05) is 6.61 Å². The molecule has 1 heterocycles. The van der Waals surface area contributed by atoms with E-state index >= 15 is 0 Å². The Balaban J connectivity index is 2.25. The molecule has 110 valence electrons. The Morgan fingerprint density at radius 2 is 2.20 bits per heavy atom. The second-order valence-corrected chi connectivity index (χ2v) is 6.66. The molecule has 1 aromatic rings. The Bertz CT molecular complexity index is 631. The number of sulfonamides is 1. The molecular weight excluding hydrogens is 306 g/mol. The van der Waals surface area contributed by atoms with E-state index < -0.39 is 16.0 Å². The molecule has 6 nitrogen and oxygen atoms in total. The summed E-state index contributed by atoms with van der Waals surface area (Å²) in [5.41, 5.74) is -0.136. The first-order valence-corrected chi connectivity index (χ1v) is 7.84. The average Bonchev–Trinajstić information content (AvgIpc) is 2.73. The second kappa shape index (κ2) is 5.69. The molecule has 0 amide bonds. The van der Waals surface area contributed by atoms with E-state index in [1.807, 2.05) is 0 Å². The van der Waals surface area contributed by atoms with Crippen molar-refractivity contribution in [2.45, 2.75) is 30.4 Å². The van der Waals surface area contributed by atoms with Crippen LogP contribution in [0.3, 0.4) is 0 Å². The van der Waals surface area contributed by atoms with E-state index in [1.165, 1.54) is 12.1 Å². The Kier molecular flexibility index (Phi) is 4.33. The van der Waals surface area contributed by atoms with Crippen LogP contribution in [0, 0.1) is 0 Å². The summed E-state index contributed by atoms with van der Waals surface area (Å²) in [6, 6.07) is 3.23. The van der Waals surface area contributed by atoms with E-state index in [0.717, 1.165) is 6.07 Å². The van der Waals surface area contributed by atoms with Gasteiger partial charge in [0.2, 0.25) is 10.0 Å². The van der Waals surface area contributed by atoms with Crippen LogP contribution in [-0.4, -0.2) is 38.2 Å². The predicted molar refractivity (Wildman–Crippen MR) is 72.6 cm³/mol. The van der Waals surface area contributed by atoms with Crippen LogP contribution in [-0.2, 0) is 14.8 Å². The molecule has 0 bridgehead atoms. The maximum Gasteiger partial charge on any atom is 0.337 e. The molecule has 1 aromatic carbocycles. The lowest BCUT2D eigenvalue weighted by atomic mass is 10.2. The summed E-state index contributed by atoms with van der Waals surface area (Å²) in [5, 5.41) is 8.74. The minimum Gasteiger partial charge on any atom is -0.478 e. The number of hydrogen-bond acceptors (Lipinski definition) is 4. The largest absolute Gasteiger partial charge is 0.478 e. The van der Waals surface area contributed by atoms with Crippen molar-refractivity contribution in [1.29, 1.82) is 0 Å². The molecular formula is C12H14ClNO5S. The van der Waals surface area contributed by atoms with Crippen molar-refractivity contribution in [2.24, 2.45) is 0 Å². The van der Waals surface area contributed by atoms with Crippen LogP contribution in [0.4, 0.5) is 0 Å². The van der Waals surface area contributed by atoms with Gasteiger partial charge in [-0.2, -0.15) is 0 Å². The van der Waals surface area contributed by atoms with Crippen molar-refractivity contribution in [3.8, 4) is 0 Å². The van der Waals surface area contributed by atoms with Crippen molar-refractivity contribution < 1.29 is 23.1 Å². The summed E-state index contributed by atoms with van der Waals surface area (Å²) in [5.74, 6) is -1.20. The third-order valence-electron chi connectivity index (χ3n) is 3.16. The molecule has 8 heteroatoms. The fourth-order valence-electron chi connectivity index (χ4n) is 1.99. The van der Waals surface area contributed by atoms with Gasteiger partial charge in [-0.25, -0.2) is 17.9 Å². The van der Waals surface area contributed by atoms with E-state index in [4.69, 9.17) is 21.4 Å². The average molecular weight is 320 g/mol. The zero-order chi connectivity index (χ0) is 14.9. The van der Waals surface area contributed by atoms with Gasteiger partial charge in [-0.05, 0) is 31.5 Å². The monoisotopic (exact) mass is 319 g/mol. The van der Waals surface area contributed by atoms with Crippen molar-refractivity contribution in [3.63, 3.8) is 0 Å². The van der Waals surface area contributed by atoms with Crippen molar-refractivity contribution in [1.82, 2.24) is 4.72 Å². The summed E-state index contributed by atoms with van der Waals surface area (Å²) in [6.07, 6.45) is 0.403. The lowest BCUT2D eigenvalue weighted by Gasteiger charge is -2.16. The van der Waals surface area contributed by atoms with E-state index in [-0.39, 0.29) is 27.6 Å². The number of rotatable bonds is 4. The Morgan fingerprint density at radius 3 is 2.70 bits per heavy atom. The van der Waals surface area contributed by atoms with Gasteiger partial charge in [0.15, 0.2) is 0 Å². The third-order valence-corrected chi connectivity index (χ3v) is 4.96. The van der Waals surface area contributed by atoms with Crippen LogP contribution in [0.25, 0.3) is 0 Å². The highest BCUT2D eigenvalue weighted by molar-refractivity contribution is 7.89. The quantitative estimate of drug-likeness (QED) is 0.877. The standard InChI is InChI=1S/C12H14ClNO5S/c1-7-11(4-5-19-7)14-20(17,18)8-2-3-9(12(15)16)10(13)6-8/h2-3,6-7,11,14H,4-5H2,1H3,(H,15,16). The molecule has 0 aliphatic carbocycles. The first kappa shape index (κ1) is 15.2. The van der Waals surface area contributed by atoms with Crippen LogP contribution in [0.15, 0.2) is 23.1 Å². The Hall–Kier alpha value is -1.15. The van der Waals surface area contributed by atoms with E-state index in [1.54, 1.807) is 6.92 Å². The van der Waals surface area contributed by atoms with E-state index in [0.29, 0.717) is 13.0 Å². The van der Waals surface area contributed by atoms with Crippen LogP contribution < -0.4 is 4.72 Å². The molecule has 0 spiro atoms. The number of carboxylic acid groups (broad SMARTS) is 1. The molecule has 0 radical (unpaired) electrons. The van der Waals surface area contributed by atoms with Gasteiger partial charge in [-0.3, -0.25) is 0 Å². The highest BCUT2D eigenvalue weighted by Gasteiger charge is 2.29. The van der Waals surface area contributed by atoms with Crippen LogP contribution in [0.1, 0.15) is 23.7 Å². The topological polar surface area (TPSA) is 92.7 Å². The summed E-state index contributed by atoms with van der Waals surface area (Å²) in [7, 11) is -3.75. The molecule has 2 atom stereocenters. The molecule has 1 saturated heterocycles. The smallest absolute Gasteiger partial charge is 0.337 e. The zero-order valence-electron chi connectivity index (χ0n) is 10.7. The molecule has 1 aliphatic heterocycles. The number of carboxylic acids is 1. The SMILES string of the molecule is CC1OCCC1NS(=O)(=O)c1ccc(C(=O)O)c(Cl)c1. The zero-order valence-corrected chi connectivity index (χ0v) is 12.2. The predicted octanol–water partition coefficient (Wildman–Crippen LogP) is 1.49. The molecule has 2 unspecified atom stereocenters. The molecule has 0 saturated carbocycles. The highest BCUT2D eigenvalue weighted by atomic mass is 35.5. The van der Waals surface area contributed by atoms with Crippen molar-refractivity contribution >= 4 is 27.6 Å². The van der Waals surface area contributed by atoms with Crippen molar-refractivity contribution in [3.05, 3.63) is 28.8 Å². The molecule has 1 aliphatic rings. The summed E-state index contributed by atoms with van der Waals surface area (Å²) in [4.78, 5) is 10.8. The molecule has 0 aromatic heterocycles. The molecule has 1 fully saturated rings. The van der Waals surface area contributed by atoms with Gasteiger partial charge in [0, 0.05) is 6.61 Å². The number of hydrogen-bond donors (Lipinski definition) is 2. The minimum atomic E-state index is -3.75. The minimum absolute atomic E-state index is 0.0633. The first-order chi connectivity index (χ1) is 9.31. The summed E-state index contributed by atoms with van der Waals surface area (Å²) < 4.78 is 32.2. The molecule has 2 N–H and O–H groups in total. The number of benzene rings is 1. The van der Waals surface area contributed by atoms with E-state index in [2.05, 4.69) is 4.72 Å². The van der Waals surface area contributed by atoms with Gasteiger partial charge >= 0.3 is 5.97 Å². The number of halogens is 1. The third kappa shape index (κ3) is 3.12. The van der Waals surface area contributed by atoms with Crippen LogP contribution >= 0.6 is 11.6 Å². The lowest BCUT2D eigenvalue weighted by Crippen LogP contribution is -2.39. The van der Waals surface area contributed by atoms with Crippen LogP contribution in [0.5, 0.6) is 0 Å². The van der Waals surface area contributed by atoms with Gasteiger partial charge in [-0.1, -0.05) is 11.6 Å². The van der Waals surface area contributed by atoms with Gasteiger partial charge in [0.1, 0.15) is 0 Å². The highest BCUT2D eigenvalue weighted by Crippen LogP contribution is 2.22. The fourth-order valence-corrected chi connectivity index (χ4v) is 3.68. The van der Waals surface area contributed by atoms with E-state index in [9.17, 15) is 13.2 Å². The second-order valence-electron chi connectivity index (χ2n) is 4.54. The van der Waals surface area contributed by atoms with Gasteiger partial charge in [-0.15, -0.1) is 0 Å². The van der Waals surface area contributed by atoms with Gasteiger partial charge in [0.25, 0.3) is 0 Å². The summed E-state index contributed by atoms with van der Waals surface area (Å²) >= 11 is 5.78. The van der Waals surface area contributed by atoms with Crippen LogP contribution in [0.2, 0.25) is 5.02 Å². The maximum atomic E-state index is 12.2. The first-order valence-electron chi connectivity index (χ1n) is 5.98. The summed E-state index contributed by atoms with van der Waals surface area (Å²) in [6.45, 7) is 2.30. The van der Waals surface area contributed by atoms with Gasteiger partial charge < -0.3 is 9.84 Å². The lowest BCUT2D eigenvalue weighted by molar-refractivity contribution is 0.0697. The number of nitrogens with one attached hydrogen (secondary N) is 1. The Morgan fingerprint density at radius 1 is 1.50 bits per heavy atom.